The number of hydrogen-bond acceptors (Lipinski definition) is 5. The topological polar surface area (TPSA) is 131 Å². The van der Waals surface area contributed by atoms with Crippen LogP contribution in [0.4, 0.5) is 4.79 Å². The lowest BCUT2D eigenvalue weighted by atomic mass is 9.94. The van der Waals surface area contributed by atoms with Gasteiger partial charge in [-0.15, -0.1) is 0 Å². The van der Waals surface area contributed by atoms with Gasteiger partial charge in [0.05, 0.1) is 0 Å². The molecule has 3 unspecified atom stereocenters. The number of ether oxygens (including phenoxy) is 1. The first-order valence-electron chi connectivity index (χ1n) is 12.5. The number of nitrogens with zero attached hydrogens (tertiary/aromatic N) is 1. The molecule has 0 spiro atoms. The van der Waals surface area contributed by atoms with Gasteiger partial charge in [-0.1, -0.05) is 30.7 Å². The molecule has 0 saturated heterocycles. The summed E-state index contributed by atoms with van der Waals surface area (Å²) in [5.74, 6) is -1.41. The highest BCUT2D eigenvalue weighted by atomic mass is 16.6. The van der Waals surface area contributed by atoms with Gasteiger partial charge in [-0.2, -0.15) is 0 Å². The molecule has 9 heteroatoms. The van der Waals surface area contributed by atoms with Crippen LogP contribution in [0.1, 0.15) is 90.5 Å². The van der Waals surface area contributed by atoms with Gasteiger partial charge in [0.25, 0.3) is 0 Å². The molecule has 36 heavy (non-hydrogen) atoms. The summed E-state index contributed by atoms with van der Waals surface area (Å²) in [6.07, 6.45) is -0.361. The third-order valence-electron chi connectivity index (χ3n) is 5.68. The Labute approximate surface area is 215 Å². The summed E-state index contributed by atoms with van der Waals surface area (Å²) in [7, 11) is 0. The van der Waals surface area contributed by atoms with Gasteiger partial charge in [-0.05, 0) is 79.4 Å². The molecular formula is C27H44N4O5. The molecule has 4 N–H and O–H groups in total. The number of nitrogens with one attached hydrogen (secondary N) is 2. The zero-order valence-corrected chi connectivity index (χ0v) is 23.2. The van der Waals surface area contributed by atoms with Gasteiger partial charge in [-0.25, -0.2) is 4.79 Å². The number of rotatable bonds is 11. The van der Waals surface area contributed by atoms with Crippen molar-refractivity contribution in [3.8, 4) is 0 Å². The maximum atomic E-state index is 14.1. The van der Waals surface area contributed by atoms with E-state index in [0.29, 0.717) is 12.0 Å². The van der Waals surface area contributed by atoms with Crippen molar-refractivity contribution in [2.75, 3.05) is 0 Å². The van der Waals surface area contributed by atoms with Crippen molar-refractivity contribution in [3.63, 3.8) is 0 Å². The Morgan fingerprint density at radius 2 is 1.67 bits per heavy atom. The second-order valence-corrected chi connectivity index (χ2v) is 10.6. The fourth-order valence-electron chi connectivity index (χ4n) is 3.80. The molecule has 0 fully saturated rings. The SMILES string of the molecule is CCC(C)N(C(=O)C(CCC(N)=O)NC(=O)OC(C)(C)C)C(C(=O)NC(C)C)c1cc(C)ccc1C. The van der Waals surface area contributed by atoms with E-state index >= 15 is 0 Å². The van der Waals surface area contributed by atoms with Crippen molar-refractivity contribution < 1.29 is 23.9 Å². The lowest BCUT2D eigenvalue weighted by Crippen LogP contribution is -2.56. The Morgan fingerprint density at radius 1 is 1.06 bits per heavy atom. The minimum atomic E-state index is -1.11. The molecule has 0 saturated carbocycles. The highest BCUT2D eigenvalue weighted by Crippen LogP contribution is 2.30. The summed E-state index contributed by atoms with van der Waals surface area (Å²) in [5, 5.41) is 5.55. The molecular weight excluding hydrogens is 460 g/mol. The second kappa shape index (κ2) is 13.3. The quantitative estimate of drug-likeness (QED) is 0.423. The maximum Gasteiger partial charge on any atom is 0.408 e. The molecule has 0 heterocycles. The molecule has 0 bridgehead atoms. The van der Waals surface area contributed by atoms with Gasteiger partial charge in [0.2, 0.25) is 17.7 Å². The standard InChI is InChI=1S/C27H44N4O5/c1-10-19(6)31(23(24(33)29-16(2)3)20-15-17(4)11-12-18(20)5)25(34)21(13-14-22(28)32)30-26(35)36-27(7,8)9/h11-12,15-16,19,21,23H,10,13-14H2,1-9H3,(H2,28,32)(H,29,33)(H,30,35). The number of carbonyl (C=O) groups excluding carboxylic acids is 4. The van der Waals surface area contributed by atoms with Crippen molar-refractivity contribution in [2.45, 2.75) is 111 Å². The van der Waals surface area contributed by atoms with E-state index in [1.54, 1.807) is 20.8 Å². The monoisotopic (exact) mass is 504 g/mol. The first-order chi connectivity index (χ1) is 16.6. The Bertz CT molecular complexity index is 939. The van der Waals surface area contributed by atoms with Gasteiger partial charge >= 0.3 is 6.09 Å². The van der Waals surface area contributed by atoms with Crippen LogP contribution in [-0.4, -0.2) is 52.4 Å². The molecule has 1 aromatic rings. The molecule has 0 aromatic heterocycles. The van der Waals surface area contributed by atoms with Crippen LogP contribution in [0.5, 0.6) is 0 Å². The summed E-state index contributed by atoms with van der Waals surface area (Å²) in [4.78, 5) is 53.3. The molecule has 1 rings (SSSR count). The Balaban J connectivity index is 3.61. The molecule has 0 aliphatic rings. The van der Waals surface area contributed by atoms with Crippen LogP contribution in [0, 0.1) is 13.8 Å². The summed E-state index contributed by atoms with van der Waals surface area (Å²) >= 11 is 0. The first-order valence-corrected chi connectivity index (χ1v) is 12.5. The first kappa shape index (κ1) is 30.9. The molecule has 0 radical (unpaired) electrons. The van der Waals surface area contributed by atoms with Crippen LogP contribution in [0.25, 0.3) is 0 Å². The number of primary amides is 1. The van der Waals surface area contributed by atoms with E-state index in [1.807, 2.05) is 59.7 Å². The van der Waals surface area contributed by atoms with Crippen LogP contribution < -0.4 is 16.4 Å². The molecule has 1 aromatic carbocycles. The lowest BCUT2D eigenvalue weighted by Gasteiger charge is -2.39. The smallest absolute Gasteiger partial charge is 0.408 e. The average molecular weight is 505 g/mol. The minimum absolute atomic E-state index is 0.0222. The number of nitrogens with two attached hydrogens (primary N) is 1. The van der Waals surface area contributed by atoms with Crippen molar-refractivity contribution in [3.05, 3.63) is 34.9 Å². The fourth-order valence-corrected chi connectivity index (χ4v) is 3.80. The van der Waals surface area contributed by atoms with Gasteiger partial charge in [0, 0.05) is 18.5 Å². The predicted molar refractivity (Wildman–Crippen MR) is 140 cm³/mol. The van der Waals surface area contributed by atoms with Gasteiger partial charge < -0.3 is 26.0 Å². The van der Waals surface area contributed by atoms with Gasteiger partial charge in [-0.3, -0.25) is 14.4 Å². The Hall–Kier alpha value is -3.10. The van der Waals surface area contributed by atoms with Gasteiger partial charge in [0.1, 0.15) is 17.7 Å². The summed E-state index contributed by atoms with van der Waals surface area (Å²) in [5.41, 5.74) is 7.09. The highest BCUT2D eigenvalue weighted by Gasteiger charge is 2.39. The Kier molecular flexibility index (Phi) is 11.4. The van der Waals surface area contributed by atoms with E-state index in [1.165, 1.54) is 4.90 Å². The van der Waals surface area contributed by atoms with Crippen molar-refractivity contribution in [2.24, 2.45) is 5.73 Å². The number of alkyl carbamates (subject to hydrolysis) is 1. The van der Waals surface area contributed by atoms with Crippen LogP contribution in [0.2, 0.25) is 0 Å². The zero-order chi connectivity index (χ0) is 27.8. The van der Waals surface area contributed by atoms with Crippen LogP contribution >= 0.6 is 0 Å². The molecule has 0 aliphatic heterocycles. The van der Waals surface area contributed by atoms with Crippen molar-refractivity contribution >= 4 is 23.8 Å². The number of amides is 4. The summed E-state index contributed by atoms with van der Waals surface area (Å²) in [6.45, 7) is 16.5. The van der Waals surface area contributed by atoms with Gasteiger partial charge in [0.15, 0.2) is 0 Å². The largest absolute Gasteiger partial charge is 0.444 e. The molecule has 3 atom stereocenters. The van der Waals surface area contributed by atoms with Crippen LogP contribution in [0.15, 0.2) is 18.2 Å². The predicted octanol–water partition coefficient (Wildman–Crippen LogP) is 3.66. The number of benzene rings is 1. The van der Waals surface area contributed by atoms with Crippen molar-refractivity contribution in [1.29, 1.82) is 0 Å². The molecule has 0 aliphatic carbocycles. The molecule has 4 amide bonds. The number of hydrogen-bond donors (Lipinski definition) is 3. The third-order valence-corrected chi connectivity index (χ3v) is 5.68. The summed E-state index contributed by atoms with van der Waals surface area (Å²) < 4.78 is 5.36. The molecule has 9 nitrogen and oxygen atoms in total. The Morgan fingerprint density at radius 3 is 2.17 bits per heavy atom. The van der Waals surface area contributed by atoms with E-state index in [0.717, 1.165) is 11.1 Å². The van der Waals surface area contributed by atoms with Crippen LogP contribution in [0.3, 0.4) is 0 Å². The van der Waals surface area contributed by atoms with Crippen molar-refractivity contribution in [1.82, 2.24) is 15.5 Å². The maximum absolute atomic E-state index is 14.1. The number of aryl methyl sites for hydroxylation is 2. The highest BCUT2D eigenvalue weighted by molar-refractivity contribution is 5.93. The van der Waals surface area contributed by atoms with E-state index in [-0.39, 0.29) is 30.8 Å². The third kappa shape index (κ3) is 9.51. The average Bonchev–Trinajstić information content (AvgIpc) is 2.73. The summed E-state index contributed by atoms with van der Waals surface area (Å²) in [6, 6.07) is 3.23. The fraction of sp³-hybridized carbons (Fsp3) is 0.630. The van der Waals surface area contributed by atoms with Crippen LogP contribution in [-0.2, 0) is 19.1 Å². The van der Waals surface area contributed by atoms with E-state index < -0.39 is 35.6 Å². The van der Waals surface area contributed by atoms with E-state index in [2.05, 4.69) is 10.6 Å². The minimum Gasteiger partial charge on any atom is -0.444 e. The lowest BCUT2D eigenvalue weighted by molar-refractivity contribution is -0.145. The normalized spacial score (nSPS) is 13.9. The number of carbonyl (C=O) groups is 4. The van der Waals surface area contributed by atoms with E-state index in [9.17, 15) is 19.2 Å². The zero-order valence-electron chi connectivity index (χ0n) is 23.2. The van der Waals surface area contributed by atoms with E-state index in [4.69, 9.17) is 10.5 Å². The second-order valence-electron chi connectivity index (χ2n) is 10.6. The molecule has 202 valence electrons.